The number of hydrogen-bond donors (Lipinski definition) is 2. The van der Waals surface area contributed by atoms with E-state index in [0.29, 0.717) is 0 Å². The number of unbranched alkanes of at least 4 members (excludes halogenated alkanes) is 9. The molecule has 0 atom stereocenters. The molecule has 1 aromatic rings. The van der Waals surface area contributed by atoms with Crippen molar-refractivity contribution in [1.82, 2.24) is 4.57 Å². The summed E-state index contributed by atoms with van der Waals surface area (Å²) in [6.07, 6.45) is 20.6. The fraction of sp³-hybridized carbons (Fsp3) is 0.812. The van der Waals surface area contributed by atoms with Crippen LogP contribution in [0.2, 0.25) is 0 Å². The van der Waals surface area contributed by atoms with Crippen LogP contribution in [0.25, 0.3) is 0 Å². The van der Waals surface area contributed by atoms with E-state index in [4.69, 9.17) is 19.2 Å². The lowest BCUT2D eigenvalue weighted by atomic mass is 10.1. The van der Waals surface area contributed by atoms with Crippen molar-refractivity contribution >= 4 is 7.82 Å². The van der Waals surface area contributed by atoms with E-state index < -0.39 is 7.82 Å². The first-order valence-corrected chi connectivity index (χ1v) is 10.1. The summed E-state index contributed by atoms with van der Waals surface area (Å²) in [6, 6.07) is 0. The number of nitrogens with zero attached hydrogens (tertiary/aromatic N) is 2. The van der Waals surface area contributed by atoms with E-state index in [2.05, 4.69) is 41.8 Å². The first-order valence-electron chi connectivity index (χ1n) is 8.60. The third kappa shape index (κ3) is 19.3. The summed E-state index contributed by atoms with van der Waals surface area (Å²) in [6.45, 7) is 3.46. The predicted molar refractivity (Wildman–Crippen MR) is 89.5 cm³/mol. The molecule has 0 fully saturated rings. The topological polar surface area (TPSA) is 89.4 Å². The number of rotatable bonds is 11. The van der Waals surface area contributed by atoms with Gasteiger partial charge in [-0.15, -0.1) is 0 Å². The summed E-state index contributed by atoms with van der Waals surface area (Å²) < 4.78 is 13.2. The van der Waals surface area contributed by atoms with Crippen LogP contribution in [0.4, 0.5) is 0 Å². The molecule has 7 heteroatoms. The first-order chi connectivity index (χ1) is 10.8. The van der Waals surface area contributed by atoms with Crippen molar-refractivity contribution in [2.75, 3.05) is 0 Å². The molecule has 0 aliphatic carbocycles. The molecular weight excluding hydrogens is 315 g/mol. The summed E-state index contributed by atoms with van der Waals surface area (Å²) in [4.78, 5) is 22.9. The van der Waals surface area contributed by atoms with Crippen molar-refractivity contribution in [3.8, 4) is 0 Å². The van der Waals surface area contributed by atoms with Crippen molar-refractivity contribution < 1.29 is 23.8 Å². The molecule has 1 aromatic heterocycles. The second-order valence-corrected chi connectivity index (χ2v) is 6.97. The molecule has 23 heavy (non-hydrogen) atoms. The summed E-state index contributed by atoms with van der Waals surface area (Å²) >= 11 is 0. The van der Waals surface area contributed by atoms with Gasteiger partial charge in [-0.25, -0.2) is 9.13 Å². The molecule has 0 saturated carbocycles. The molecule has 0 amide bonds. The van der Waals surface area contributed by atoms with E-state index in [9.17, 15) is 0 Å². The molecule has 0 unspecified atom stereocenters. The average Bonchev–Trinajstić information content (AvgIpc) is 2.85. The van der Waals surface area contributed by atoms with Crippen molar-refractivity contribution in [3.05, 3.63) is 18.7 Å². The quantitative estimate of drug-likeness (QED) is 0.365. The van der Waals surface area contributed by atoms with Crippen LogP contribution in [0, 0.1) is 0 Å². The zero-order chi connectivity index (χ0) is 17.6. The van der Waals surface area contributed by atoms with E-state index in [1.807, 2.05) is 0 Å². The maximum absolute atomic E-state index is 8.77. The first kappa shape index (κ1) is 22.3. The summed E-state index contributed by atoms with van der Waals surface area (Å²) in [5, 5.41) is 0. The van der Waals surface area contributed by atoms with Gasteiger partial charge in [0.25, 0.3) is 7.82 Å². The molecule has 0 saturated heterocycles. The van der Waals surface area contributed by atoms with E-state index in [1.165, 1.54) is 70.8 Å². The van der Waals surface area contributed by atoms with Crippen LogP contribution >= 0.6 is 7.82 Å². The van der Waals surface area contributed by atoms with Crippen LogP contribution < -0.4 is 9.46 Å². The lowest BCUT2D eigenvalue weighted by Crippen LogP contribution is -2.23. The van der Waals surface area contributed by atoms with Gasteiger partial charge in [0.2, 0.25) is 6.33 Å². The van der Waals surface area contributed by atoms with Crippen LogP contribution in [0.1, 0.15) is 71.1 Å². The molecular formula is C16H33N2O4P. The van der Waals surface area contributed by atoms with E-state index in [-0.39, 0.29) is 0 Å². The highest BCUT2D eigenvalue weighted by atomic mass is 31.2. The fourth-order valence-corrected chi connectivity index (χ4v) is 2.42. The van der Waals surface area contributed by atoms with Gasteiger partial charge in [0.05, 0.1) is 13.6 Å². The predicted octanol–water partition coefficient (Wildman–Crippen LogP) is 2.67. The van der Waals surface area contributed by atoms with Crippen LogP contribution in [-0.2, 0) is 18.2 Å². The van der Waals surface area contributed by atoms with Gasteiger partial charge in [-0.3, -0.25) is 4.57 Å². The maximum atomic E-state index is 8.77. The van der Waals surface area contributed by atoms with Gasteiger partial charge in [-0.2, -0.15) is 0 Å². The Morgan fingerprint density at radius 1 is 1.00 bits per heavy atom. The molecule has 0 aliphatic heterocycles. The molecule has 136 valence electrons. The van der Waals surface area contributed by atoms with Gasteiger partial charge in [-0.05, 0) is 12.8 Å². The molecule has 6 nitrogen and oxygen atoms in total. The third-order valence-electron chi connectivity index (χ3n) is 3.59. The molecule has 0 bridgehead atoms. The van der Waals surface area contributed by atoms with Crippen molar-refractivity contribution in [2.45, 2.75) is 77.7 Å². The van der Waals surface area contributed by atoms with Crippen LogP contribution in [-0.4, -0.2) is 14.4 Å². The molecule has 2 N–H and O–H groups in total. The van der Waals surface area contributed by atoms with Crippen LogP contribution in [0.3, 0.4) is 0 Å². The van der Waals surface area contributed by atoms with Gasteiger partial charge in [0, 0.05) is 0 Å². The number of hydrogen-bond acceptors (Lipinski definition) is 2. The Balaban J connectivity index is 0.000000841. The Morgan fingerprint density at radius 2 is 1.43 bits per heavy atom. The normalized spacial score (nSPS) is 11.2. The van der Waals surface area contributed by atoms with Crippen LogP contribution in [0.15, 0.2) is 18.7 Å². The standard InChI is InChI=1S/C16H31N2.H3O4P/c1-3-4-5-6-7-8-9-10-11-12-13-18-15-14-17(2)16-18;1-5(2,3)4/h14-16H,3-13H2,1-2H3;(H3,1,2,3,4)/q+1;/p-1. The number of aryl methyl sites for hydroxylation is 2. The van der Waals surface area contributed by atoms with Crippen molar-refractivity contribution in [3.63, 3.8) is 0 Å². The summed E-state index contributed by atoms with van der Waals surface area (Å²) in [5.74, 6) is 0. The molecule has 0 aromatic carbocycles. The van der Waals surface area contributed by atoms with Crippen molar-refractivity contribution in [2.24, 2.45) is 7.05 Å². The van der Waals surface area contributed by atoms with Crippen LogP contribution in [0.5, 0.6) is 0 Å². The van der Waals surface area contributed by atoms with E-state index >= 15 is 0 Å². The highest BCUT2D eigenvalue weighted by Crippen LogP contribution is 2.19. The second kappa shape index (κ2) is 13.7. The summed E-state index contributed by atoms with van der Waals surface area (Å²) in [5.41, 5.74) is 0. The largest absolute Gasteiger partial charge is 0.756 e. The SMILES string of the molecule is CCCCCCCCCCCCn1cc[n+](C)c1.O=P([O-])(O)O. The Hall–Kier alpha value is -0.680. The smallest absolute Gasteiger partial charge is 0.262 e. The Labute approximate surface area is 140 Å². The molecule has 1 heterocycles. The Morgan fingerprint density at radius 3 is 1.83 bits per heavy atom. The second-order valence-electron chi connectivity index (χ2n) is 5.99. The minimum absolute atomic E-state index is 1.18. The van der Waals surface area contributed by atoms with Gasteiger partial charge < -0.3 is 14.7 Å². The number of aromatic nitrogens is 2. The Kier molecular flexibility index (Phi) is 13.3. The van der Waals surface area contributed by atoms with Gasteiger partial charge in [-0.1, -0.05) is 58.3 Å². The highest BCUT2D eigenvalue weighted by molar-refractivity contribution is 7.43. The molecule has 0 spiro atoms. The van der Waals surface area contributed by atoms with E-state index in [1.54, 1.807) is 0 Å². The minimum atomic E-state index is -4.89. The minimum Gasteiger partial charge on any atom is -0.756 e. The van der Waals surface area contributed by atoms with Gasteiger partial charge in [0.1, 0.15) is 12.4 Å². The van der Waals surface area contributed by atoms with Gasteiger partial charge >= 0.3 is 0 Å². The highest BCUT2D eigenvalue weighted by Gasteiger charge is 1.99. The maximum Gasteiger partial charge on any atom is 0.262 e. The number of phosphoric acid groups is 1. The van der Waals surface area contributed by atoms with E-state index in [0.717, 1.165) is 0 Å². The number of imidazole rings is 1. The lowest BCUT2D eigenvalue weighted by Gasteiger charge is -2.01. The fourth-order valence-electron chi connectivity index (χ4n) is 2.42. The monoisotopic (exact) mass is 348 g/mol. The Bertz CT molecular complexity index is 423. The van der Waals surface area contributed by atoms with Gasteiger partial charge in [0.15, 0.2) is 0 Å². The zero-order valence-electron chi connectivity index (χ0n) is 14.6. The molecule has 0 aliphatic rings. The third-order valence-corrected chi connectivity index (χ3v) is 3.59. The molecule has 0 radical (unpaired) electrons. The lowest BCUT2D eigenvalue weighted by molar-refractivity contribution is -0.671. The summed E-state index contributed by atoms with van der Waals surface area (Å²) in [7, 11) is -2.81. The molecule has 1 rings (SSSR count). The zero-order valence-corrected chi connectivity index (χ0v) is 15.5. The van der Waals surface area contributed by atoms with Crippen molar-refractivity contribution in [1.29, 1.82) is 0 Å². The average molecular weight is 348 g/mol.